The number of anilines is 1. The summed E-state index contributed by atoms with van der Waals surface area (Å²) < 4.78 is 37.9. The average Bonchev–Trinajstić information content (AvgIpc) is 2.97. The Balaban J connectivity index is 2.11. The minimum absolute atomic E-state index is 0.0499. The number of carbonyl (C=O) groups excluding carboxylic acids is 2. The van der Waals surface area contributed by atoms with Crippen molar-refractivity contribution in [3.05, 3.63) is 88.9 Å². The van der Waals surface area contributed by atoms with Crippen molar-refractivity contribution in [1.82, 2.24) is 10.2 Å². The lowest BCUT2D eigenvalue weighted by Gasteiger charge is -2.34. The fourth-order valence-corrected chi connectivity index (χ4v) is 5.34. The highest BCUT2D eigenvalue weighted by molar-refractivity contribution is 7.92. The van der Waals surface area contributed by atoms with Crippen LogP contribution in [0.2, 0.25) is 5.02 Å². The van der Waals surface area contributed by atoms with E-state index in [1.54, 1.807) is 36.4 Å². The maximum Gasteiger partial charge on any atom is 0.244 e. The molecule has 0 spiro atoms. The van der Waals surface area contributed by atoms with Gasteiger partial charge in [-0.2, -0.15) is 0 Å². The molecule has 11 heteroatoms. The summed E-state index contributed by atoms with van der Waals surface area (Å²) in [7, 11) is -1.11. The Morgan fingerprint density at radius 2 is 1.62 bits per heavy atom. The largest absolute Gasteiger partial charge is 0.497 e. The van der Waals surface area contributed by atoms with Gasteiger partial charge in [0.25, 0.3) is 0 Å². The van der Waals surface area contributed by atoms with Gasteiger partial charge in [0.1, 0.15) is 24.1 Å². The molecule has 9 nitrogen and oxygen atoms in total. The number of sulfonamides is 1. The molecule has 2 unspecified atom stereocenters. The Labute approximate surface area is 253 Å². The predicted octanol–water partition coefficient (Wildman–Crippen LogP) is 4.68. The van der Waals surface area contributed by atoms with Gasteiger partial charge in [-0.3, -0.25) is 13.9 Å². The number of hydrogen-bond donors (Lipinski definition) is 1. The molecular formula is C31H38ClN3O6S. The fraction of sp³-hybridized carbons (Fsp3) is 0.355. The predicted molar refractivity (Wildman–Crippen MR) is 166 cm³/mol. The lowest BCUT2D eigenvalue weighted by molar-refractivity contribution is -0.140. The summed E-state index contributed by atoms with van der Waals surface area (Å²) in [6.45, 7) is 3.33. The van der Waals surface area contributed by atoms with Crippen LogP contribution in [0.1, 0.15) is 31.4 Å². The number of nitrogens with zero attached hydrogens (tertiary/aromatic N) is 2. The third kappa shape index (κ3) is 8.87. The highest BCUT2D eigenvalue weighted by Crippen LogP contribution is 2.34. The molecular weight excluding hydrogens is 578 g/mol. The van der Waals surface area contributed by atoms with Gasteiger partial charge in [0.05, 0.1) is 26.2 Å². The molecule has 226 valence electrons. The van der Waals surface area contributed by atoms with E-state index in [0.717, 1.165) is 21.7 Å². The maximum absolute atomic E-state index is 14.2. The third-order valence-electron chi connectivity index (χ3n) is 6.87. The highest BCUT2D eigenvalue weighted by atomic mass is 35.5. The lowest BCUT2D eigenvalue weighted by Crippen LogP contribution is -2.54. The van der Waals surface area contributed by atoms with E-state index in [4.69, 9.17) is 21.1 Å². The van der Waals surface area contributed by atoms with Crippen molar-refractivity contribution in [2.75, 3.05) is 31.3 Å². The summed E-state index contributed by atoms with van der Waals surface area (Å²) in [6, 6.07) is 20.0. The molecule has 0 bridgehead atoms. The second kappa shape index (κ2) is 14.9. The number of ether oxygens (including phenoxy) is 2. The molecule has 0 aromatic heterocycles. The first-order chi connectivity index (χ1) is 20.0. The normalized spacial score (nSPS) is 12.6. The van der Waals surface area contributed by atoms with Crippen LogP contribution in [-0.4, -0.2) is 64.2 Å². The maximum atomic E-state index is 14.2. The van der Waals surface area contributed by atoms with Crippen molar-refractivity contribution < 1.29 is 27.5 Å². The Bertz CT molecular complexity index is 1450. The van der Waals surface area contributed by atoms with Crippen LogP contribution < -0.4 is 19.1 Å². The monoisotopic (exact) mass is 615 g/mol. The molecule has 0 fully saturated rings. The van der Waals surface area contributed by atoms with Crippen LogP contribution in [-0.2, 0) is 32.6 Å². The Hall–Kier alpha value is -3.76. The van der Waals surface area contributed by atoms with Crippen LogP contribution >= 0.6 is 11.6 Å². The zero-order chi connectivity index (χ0) is 30.9. The van der Waals surface area contributed by atoms with Crippen LogP contribution in [0, 0.1) is 0 Å². The number of carbonyl (C=O) groups is 2. The molecule has 3 aromatic carbocycles. The van der Waals surface area contributed by atoms with Gasteiger partial charge in [-0.25, -0.2) is 8.42 Å². The van der Waals surface area contributed by atoms with Gasteiger partial charge in [0.2, 0.25) is 21.8 Å². The molecule has 42 heavy (non-hydrogen) atoms. The Morgan fingerprint density at radius 3 is 2.19 bits per heavy atom. The van der Waals surface area contributed by atoms with E-state index in [1.165, 1.54) is 25.2 Å². The number of rotatable bonds is 14. The van der Waals surface area contributed by atoms with Gasteiger partial charge in [-0.05, 0) is 48.7 Å². The zero-order valence-corrected chi connectivity index (χ0v) is 26.1. The number of halogens is 1. The molecule has 0 aliphatic carbocycles. The van der Waals surface area contributed by atoms with E-state index < -0.39 is 28.5 Å². The molecule has 0 aliphatic heterocycles. The molecule has 0 aliphatic rings. The molecule has 3 rings (SSSR count). The van der Waals surface area contributed by atoms with Gasteiger partial charge < -0.3 is 19.7 Å². The second-order valence-electron chi connectivity index (χ2n) is 9.98. The van der Waals surface area contributed by atoms with E-state index in [-0.39, 0.29) is 36.4 Å². The summed E-state index contributed by atoms with van der Waals surface area (Å²) in [5.41, 5.74) is 1.72. The molecule has 0 heterocycles. The van der Waals surface area contributed by atoms with Gasteiger partial charge >= 0.3 is 0 Å². The van der Waals surface area contributed by atoms with Crippen LogP contribution in [0.3, 0.4) is 0 Å². The average molecular weight is 616 g/mol. The third-order valence-corrected chi connectivity index (χ3v) is 8.25. The van der Waals surface area contributed by atoms with Gasteiger partial charge in [0, 0.05) is 30.1 Å². The molecule has 2 amide bonds. The van der Waals surface area contributed by atoms with Crippen LogP contribution in [0.25, 0.3) is 0 Å². The molecule has 3 aromatic rings. The fourth-order valence-electron chi connectivity index (χ4n) is 4.37. The number of amides is 2. The smallest absolute Gasteiger partial charge is 0.244 e. The van der Waals surface area contributed by atoms with E-state index >= 15 is 0 Å². The summed E-state index contributed by atoms with van der Waals surface area (Å²) in [6.07, 6.45) is 1.94. The minimum atomic E-state index is -3.98. The van der Waals surface area contributed by atoms with Crippen LogP contribution in [0.4, 0.5) is 5.69 Å². The number of hydrogen-bond acceptors (Lipinski definition) is 6. The summed E-state index contributed by atoms with van der Waals surface area (Å²) >= 11 is 6.10. The van der Waals surface area contributed by atoms with Gasteiger partial charge in [0.15, 0.2) is 0 Å². The summed E-state index contributed by atoms with van der Waals surface area (Å²) in [5, 5.41) is 3.53. The molecule has 2 atom stereocenters. The molecule has 0 radical (unpaired) electrons. The van der Waals surface area contributed by atoms with Crippen molar-refractivity contribution in [3.8, 4) is 11.5 Å². The Kier molecular flexibility index (Phi) is 11.6. The van der Waals surface area contributed by atoms with Crippen molar-refractivity contribution in [2.24, 2.45) is 0 Å². The first-order valence-corrected chi connectivity index (χ1v) is 15.8. The van der Waals surface area contributed by atoms with E-state index in [0.29, 0.717) is 17.2 Å². The zero-order valence-electron chi connectivity index (χ0n) is 24.5. The quantitative estimate of drug-likeness (QED) is 0.282. The Morgan fingerprint density at radius 1 is 0.952 bits per heavy atom. The van der Waals surface area contributed by atoms with Crippen LogP contribution in [0.5, 0.6) is 11.5 Å². The van der Waals surface area contributed by atoms with Crippen LogP contribution in [0.15, 0.2) is 72.8 Å². The molecule has 0 saturated heterocycles. The van der Waals surface area contributed by atoms with Gasteiger partial charge in [-0.1, -0.05) is 61.0 Å². The second-order valence-corrected chi connectivity index (χ2v) is 12.3. The topological polar surface area (TPSA) is 105 Å². The van der Waals surface area contributed by atoms with Crippen molar-refractivity contribution in [2.45, 2.75) is 45.3 Å². The summed E-state index contributed by atoms with van der Waals surface area (Å²) in [4.78, 5) is 29.4. The van der Waals surface area contributed by atoms with E-state index in [2.05, 4.69) is 5.32 Å². The number of nitrogens with one attached hydrogen (secondary N) is 1. The van der Waals surface area contributed by atoms with E-state index in [1.807, 2.05) is 44.2 Å². The SMILES string of the molecule is CCC(C)NC(=O)C(Cc1ccccc1)N(Cc1ccc(Cl)cc1)C(=O)CN(c1cc(OC)ccc1OC)S(C)(=O)=O. The first kappa shape index (κ1) is 32.8. The molecule has 1 N–H and O–H groups in total. The minimum Gasteiger partial charge on any atom is -0.497 e. The standard InChI is InChI=1S/C31H38ClN3O6S/c1-6-22(2)33-31(37)28(18-23-10-8-7-9-11-23)34(20-24-12-14-25(32)15-13-24)30(36)21-35(42(5,38)39)27-19-26(40-3)16-17-29(27)41-4/h7-17,19,22,28H,6,18,20-21H2,1-5H3,(H,33,37). The van der Waals surface area contributed by atoms with Gasteiger partial charge in [-0.15, -0.1) is 0 Å². The van der Waals surface area contributed by atoms with Crippen molar-refractivity contribution in [1.29, 1.82) is 0 Å². The number of benzene rings is 3. The summed E-state index contributed by atoms with van der Waals surface area (Å²) in [5.74, 6) is -0.269. The molecule has 0 saturated carbocycles. The van der Waals surface area contributed by atoms with E-state index in [9.17, 15) is 18.0 Å². The number of methoxy groups -OCH3 is 2. The van der Waals surface area contributed by atoms with Crippen molar-refractivity contribution in [3.63, 3.8) is 0 Å². The lowest BCUT2D eigenvalue weighted by atomic mass is 10.0. The first-order valence-electron chi connectivity index (χ1n) is 13.5. The highest BCUT2D eigenvalue weighted by Gasteiger charge is 2.34. The van der Waals surface area contributed by atoms with Crippen molar-refractivity contribution >= 4 is 39.1 Å².